The molecule has 5 heteroatoms. The molecular weight excluding hydrogens is 280 g/mol. The van der Waals surface area contributed by atoms with Crippen LogP contribution in [0, 0.1) is 6.92 Å². The van der Waals surface area contributed by atoms with E-state index >= 15 is 0 Å². The van der Waals surface area contributed by atoms with E-state index < -0.39 is 0 Å². The fourth-order valence-electron chi connectivity index (χ4n) is 2.13. The first kappa shape index (κ1) is 13.8. The van der Waals surface area contributed by atoms with Gasteiger partial charge in [-0.05, 0) is 31.2 Å². The molecule has 21 heavy (non-hydrogen) atoms. The third-order valence-electron chi connectivity index (χ3n) is 3.14. The zero-order valence-electron chi connectivity index (χ0n) is 11.8. The molecule has 0 N–H and O–H groups in total. The van der Waals surface area contributed by atoms with Crippen LogP contribution in [0.25, 0.3) is 5.82 Å². The fourth-order valence-corrected chi connectivity index (χ4v) is 3.18. The molecular formula is C16H16N4S. The SMILES string of the molecule is Cc1ccc(SCCc2cnccn2)n1-c1ccccn1. The van der Waals surface area contributed by atoms with Gasteiger partial charge in [0, 0.05) is 42.7 Å². The number of nitrogens with zero attached hydrogens (tertiary/aromatic N) is 4. The monoisotopic (exact) mass is 296 g/mol. The maximum atomic E-state index is 4.44. The Morgan fingerprint density at radius 3 is 2.76 bits per heavy atom. The second-order valence-corrected chi connectivity index (χ2v) is 5.75. The van der Waals surface area contributed by atoms with Gasteiger partial charge in [-0.3, -0.25) is 14.5 Å². The third kappa shape index (κ3) is 3.31. The van der Waals surface area contributed by atoms with Crippen molar-refractivity contribution in [2.45, 2.75) is 18.4 Å². The van der Waals surface area contributed by atoms with Crippen molar-refractivity contribution in [2.75, 3.05) is 5.75 Å². The highest BCUT2D eigenvalue weighted by Crippen LogP contribution is 2.25. The minimum atomic E-state index is 0.908. The summed E-state index contributed by atoms with van der Waals surface area (Å²) in [7, 11) is 0. The minimum absolute atomic E-state index is 0.908. The average molecular weight is 296 g/mol. The topological polar surface area (TPSA) is 43.6 Å². The molecule has 0 radical (unpaired) electrons. The first-order valence-corrected chi connectivity index (χ1v) is 7.80. The lowest BCUT2D eigenvalue weighted by molar-refractivity contribution is 0.874. The summed E-state index contributed by atoms with van der Waals surface area (Å²) in [5, 5.41) is 1.20. The Morgan fingerprint density at radius 1 is 1.05 bits per heavy atom. The van der Waals surface area contributed by atoms with Gasteiger partial charge in [-0.2, -0.15) is 0 Å². The van der Waals surface area contributed by atoms with Gasteiger partial charge in [-0.1, -0.05) is 6.07 Å². The van der Waals surface area contributed by atoms with Gasteiger partial charge in [0.25, 0.3) is 0 Å². The fraction of sp³-hybridized carbons (Fsp3) is 0.188. The van der Waals surface area contributed by atoms with Crippen LogP contribution in [0.1, 0.15) is 11.4 Å². The number of aromatic nitrogens is 4. The van der Waals surface area contributed by atoms with Gasteiger partial charge < -0.3 is 0 Å². The van der Waals surface area contributed by atoms with Crippen LogP contribution in [-0.4, -0.2) is 25.3 Å². The van der Waals surface area contributed by atoms with E-state index in [0.717, 1.165) is 23.7 Å². The van der Waals surface area contributed by atoms with E-state index in [-0.39, 0.29) is 0 Å². The van der Waals surface area contributed by atoms with Crippen LogP contribution in [0.2, 0.25) is 0 Å². The summed E-state index contributed by atoms with van der Waals surface area (Å²) < 4.78 is 2.18. The van der Waals surface area contributed by atoms with Crippen molar-refractivity contribution in [2.24, 2.45) is 0 Å². The van der Waals surface area contributed by atoms with Crippen molar-refractivity contribution in [1.29, 1.82) is 0 Å². The van der Waals surface area contributed by atoms with E-state index in [1.165, 1.54) is 10.7 Å². The normalized spacial score (nSPS) is 10.7. The second-order valence-electron chi connectivity index (χ2n) is 4.63. The van der Waals surface area contributed by atoms with Crippen molar-refractivity contribution in [3.05, 3.63) is 66.5 Å². The van der Waals surface area contributed by atoms with Crippen LogP contribution in [-0.2, 0) is 6.42 Å². The van der Waals surface area contributed by atoms with Gasteiger partial charge in [-0.25, -0.2) is 4.98 Å². The van der Waals surface area contributed by atoms with Gasteiger partial charge in [0.2, 0.25) is 0 Å². The van der Waals surface area contributed by atoms with Crippen LogP contribution in [0.15, 0.2) is 60.1 Å². The van der Waals surface area contributed by atoms with Gasteiger partial charge in [-0.15, -0.1) is 11.8 Å². The molecule has 0 aromatic carbocycles. The molecule has 106 valence electrons. The van der Waals surface area contributed by atoms with Crippen LogP contribution in [0.5, 0.6) is 0 Å². The molecule has 3 aromatic rings. The van der Waals surface area contributed by atoms with E-state index in [0.29, 0.717) is 0 Å². The Morgan fingerprint density at radius 2 is 2.00 bits per heavy atom. The first-order chi connectivity index (χ1) is 10.3. The zero-order valence-corrected chi connectivity index (χ0v) is 12.6. The molecule has 0 aliphatic carbocycles. The van der Waals surface area contributed by atoms with Crippen molar-refractivity contribution >= 4 is 11.8 Å². The lowest BCUT2D eigenvalue weighted by atomic mass is 10.4. The number of hydrogen-bond donors (Lipinski definition) is 0. The predicted octanol–water partition coefficient (Wildman–Crippen LogP) is 3.31. The summed E-state index contributed by atoms with van der Waals surface area (Å²) in [6, 6.07) is 10.2. The van der Waals surface area contributed by atoms with Crippen molar-refractivity contribution in [1.82, 2.24) is 19.5 Å². The van der Waals surface area contributed by atoms with Gasteiger partial charge in [0.15, 0.2) is 0 Å². The largest absolute Gasteiger partial charge is 0.293 e. The number of aryl methyl sites for hydroxylation is 2. The van der Waals surface area contributed by atoms with E-state index in [1.807, 2.05) is 42.4 Å². The molecule has 0 fully saturated rings. The van der Waals surface area contributed by atoms with E-state index in [2.05, 4.69) is 38.6 Å². The highest BCUT2D eigenvalue weighted by Gasteiger charge is 2.08. The summed E-state index contributed by atoms with van der Waals surface area (Å²) >= 11 is 1.81. The number of rotatable bonds is 5. The standard InChI is InChI=1S/C16H16N4S/c1-13-5-6-16(20(13)15-4-2-3-8-19-15)21-11-7-14-12-17-9-10-18-14/h2-6,8-10,12H,7,11H2,1H3. The minimum Gasteiger partial charge on any atom is -0.293 e. The Kier molecular flexibility index (Phi) is 4.31. The maximum Gasteiger partial charge on any atom is 0.137 e. The Bertz CT molecular complexity index is 695. The Balaban J connectivity index is 1.72. The lowest BCUT2D eigenvalue weighted by Crippen LogP contribution is -2.01. The summed E-state index contributed by atoms with van der Waals surface area (Å²) in [4.78, 5) is 12.8. The van der Waals surface area contributed by atoms with Crippen LogP contribution < -0.4 is 0 Å². The molecule has 0 atom stereocenters. The molecule has 0 unspecified atom stereocenters. The molecule has 4 nitrogen and oxygen atoms in total. The van der Waals surface area contributed by atoms with Crippen molar-refractivity contribution in [3.8, 4) is 5.82 Å². The smallest absolute Gasteiger partial charge is 0.137 e. The highest BCUT2D eigenvalue weighted by molar-refractivity contribution is 7.99. The molecule has 0 saturated heterocycles. The van der Waals surface area contributed by atoms with Crippen LogP contribution in [0.4, 0.5) is 0 Å². The maximum absolute atomic E-state index is 4.44. The van der Waals surface area contributed by atoms with Gasteiger partial charge in [0.1, 0.15) is 5.82 Å². The first-order valence-electron chi connectivity index (χ1n) is 6.82. The molecule has 0 aliphatic heterocycles. The molecule has 3 rings (SSSR count). The van der Waals surface area contributed by atoms with Crippen molar-refractivity contribution in [3.63, 3.8) is 0 Å². The molecule has 0 aliphatic rings. The van der Waals surface area contributed by atoms with E-state index in [4.69, 9.17) is 0 Å². The lowest BCUT2D eigenvalue weighted by Gasteiger charge is -2.10. The second kappa shape index (κ2) is 6.54. The Labute approximate surface area is 128 Å². The quantitative estimate of drug-likeness (QED) is 0.678. The third-order valence-corrected chi connectivity index (χ3v) is 4.17. The highest BCUT2D eigenvalue weighted by atomic mass is 32.2. The van der Waals surface area contributed by atoms with Crippen LogP contribution in [0.3, 0.4) is 0 Å². The number of thioether (sulfide) groups is 1. The average Bonchev–Trinajstić information content (AvgIpc) is 2.90. The summed E-state index contributed by atoms with van der Waals surface area (Å²) in [5.74, 6) is 1.93. The molecule has 3 aromatic heterocycles. The van der Waals surface area contributed by atoms with Gasteiger partial charge >= 0.3 is 0 Å². The molecule has 0 amide bonds. The zero-order chi connectivity index (χ0) is 14.5. The summed E-state index contributed by atoms with van der Waals surface area (Å²) in [6.45, 7) is 2.10. The van der Waals surface area contributed by atoms with Crippen molar-refractivity contribution < 1.29 is 0 Å². The van der Waals surface area contributed by atoms with E-state index in [1.54, 1.807) is 12.4 Å². The van der Waals surface area contributed by atoms with E-state index in [9.17, 15) is 0 Å². The molecule has 3 heterocycles. The molecule has 0 saturated carbocycles. The van der Waals surface area contributed by atoms with Crippen LogP contribution >= 0.6 is 11.8 Å². The molecule has 0 bridgehead atoms. The van der Waals surface area contributed by atoms with Gasteiger partial charge in [0.05, 0.1) is 10.7 Å². The Hall–Kier alpha value is -2.14. The molecule has 0 spiro atoms. The summed E-state index contributed by atoms with van der Waals surface area (Å²) in [5.41, 5.74) is 2.22. The summed E-state index contributed by atoms with van der Waals surface area (Å²) in [6.07, 6.45) is 7.99. The predicted molar refractivity (Wildman–Crippen MR) is 84.8 cm³/mol. The number of pyridine rings is 1. The number of hydrogen-bond acceptors (Lipinski definition) is 4.